The first-order valence-electron chi connectivity index (χ1n) is 31.8. The number of hydrogen-bond donors (Lipinski definition) is 0. The van der Waals surface area contributed by atoms with Gasteiger partial charge in [0.25, 0.3) is 0 Å². The normalized spacial score (nSPS) is 28.1. The molecule has 0 spiro atoms. The van der Waals surface area contributed by atoms with E-state index in [9.17, 15) is 28.8 Å². The first-order valence-corrected chi connectivity index (χ1v) is 31.8. The maximum Gasteiger partial charge on any atom is 0.312 e. The van der Waals surface area contributed by atoms with E-state index in [0.717, 1.165) is 75.0 Å². The average Bonchev–Trinajstić information content (AvgIpc) is 1.76. The number of likely N-dealkylation sites (N-methyl/N-ethyl adjacent to an activating group) is 2. The summed E-state index contributed by atoms with van der Waals surface area (Å²) in [6.45, 7) is 26.2. The Morgan fingerprint density at radius 3 is 1.13 bits per heavy atom. The van der Waals surface area contributed by atoms with Crippen molar-refractivity contribution in [2.45, 2.75) is 211 Å². The molecule has 0 aliphatic heterocycles. The Morgan fingerprint density at radius 1 is 0.422 bits per heavy atom. The van der Waals surface area contributed by atoms with Crippen molar-refractivity contribution in [3.8, 4) is 5.75 Å². The molecule has 8 aliphatic carbocycles. The minimum Gasteiger partial charge on any atom is -0.490 e. The SMILES string of the molecule is CCC(C)(CC(C)(CC(C)(C)C(=O)OCCN(C)C)C(=O)OC1C2CC3CC(C2)CC1C3)C(=O)OC(C)(C)C.CCC(C)(CC(C)(CC(C)(C)C(=O)OCCN(C)C)C(=O)OCCOc1ccccc1)C(=O)OC1C2CC3CC(C2)CC1C3. The van der Waals surface area contributed by atoms with Gasteiger partial charge in [-0.05, 0) is 267 Å². The van der Waals surface area contributed by atoms with Crippen molar-refractivity contribution in [2.24, 2.45) is 79.8 Å². The Kier molecular flexibility index (Phi) is 22.6. The Morgan fingerprint density at radius 2 is 0.771 bits per heavy atom. The van der Waals surface area contributed by atoms with Gasteiger partial charge in [-0.2, -0.15) is 0 Å². The predicted molar refractivity (Wildman–Crippen MR) is 321 cm³/mol. The van der Waals surface area contributed by atoms with E-state index in [1.807, 2.05) is 144 Å². The molecular weight excluding hydrogens is 1050 g/mol. The van der Waals surface area contributed by atoms with Crippen LogP contribution in [0.4, 0.5) is 0 Å². The molecule has 470 valence electrons. The zero-order valence-corrected chi connectivity index (χ0v) is 54.4. The fraction of sp³-hybridized carbons (Fsp3) is 0.824. The number of nitrogens with zero attached hydrogens (tertiary/aromatic N) is 2. The molecule has 8 bridgehead atoms. The van der Waals surface area contributed by atoms with E-state index in [1.165, 1.54) is 12.8 Å². The zero-order chi connectivity index (χ0) is 61.5. The molecule has 15 nitrogen and oxygen atoms in total. The van der Waals surface area contributed by atoms with Crippen molar-refractivity contribution in [3.63, 3.8) is 0 Å². The summed E-state index contributed by atoms with van der Waals surface area (Å²) >= 11 is 0. The second kappa shape index (κ2) is 27.6. The van der Waals surface area contributed by atoms with Crippen LogP contribution < -0.4 is 4.74 Å². The minimum absolute atomic E-state index is 0.0300. The van der Waals surface area contributed by atoms with Crippen LogP contribution in [-0.2, 0) is 57.2 Å². The van der Waals surface area contributed by atoms with Crippen LogP contribution in [0.5, 0.6) is 5.75 Å². The molecule has 0 radical (unpaired) electrons. The van der Waals surface area contributed by atoms with E-state index in [-0.39, 0.29) is 94.2 Å². The molecule has 1 aromatic carbocycles. The van der Waals surface area contributed by atoms with Crippen molar-refractivity contribution < 1.29 is 61.9 Å². The van der Waals surface area contributed by atoms with Gasteiger partial charge in [0.15, 0.2) is 0 Å². The van der Waals surface area contributed by atoms with Crippen molar-refractivity contribution in [3.05, 3.63) is 30.3 Å². The molecular formula is C68H110N2O13. The minimum atomic E-state index is -1.15. The monoisotopic (exact) mass is 1160 g/mol. The van der Waals surface area contributed by atoms with Crippen LogP contribution in [0.25, 0.3) is 0 Å². The van der Waals surface area contributed by atoms with Gasteiger partial charge in [-0.3, -0.25) is 28.8 Å². The third-order valence-corrected chi connectivity index (χ3v) is 19.9. The molecule has 0 amide bonds. The number of hydrogen-bond acceptors (Lipinski definition) is 15. The summed E-state index contributed by atoms with van der Waals surface area (Å²) < 4.78 is 41.4. The van der Waals surface area contributed by atoms with Crippen molar-refractivity contribution in [1.29, 1.82) is 0 Å². The Hall–Kier alpha value is -4.24. The molecule has 4 unspecified atom stereocenters. The van der Waals surface area contributed by atoms with Crippen LogP contribution in [0.15, 0.2) is 30.3 Å². The number of esters is 6. The van der Waals surface area contributed by atoms with Crippen LogP contribution in [0.1, 0.15) is 193 Å². The first kappa shape index (κ1) is 67.9. The van der Waals surface area contributed by atoms with E-state index < -0.39 is 44.1 Å². The summed E-state index contributed by atoms with van der Waals surface area (Å²) in [5.41, 5.74) is -6.61. The maximum atomic E-state index is 14.2. The second-order valence-corrected chi connectivity index (χ2v) is 30.7. The lowest BCUT2D eigenvalue weighted by Crippen LogP contribution is -2.52. The quantitative estimate of drug-likeness (QED) is 0.0440. The molecule has 0 saturated heterocycles. The van der Waals surface area contributed by atoms with Crippen molar-refractivity contribution in [1.82, 2.24) is 9.80 Å². The molecule has 0 N–H and O–H groups in total. The Bertz CT molecular complexity index is 2300. The first-order chi connectivity index (χ1) is 38.6. The summed E-state index contributed by atoms with van der Waals surface area (Å²) in [6.07, 6.45) is 13.7. The lowest BCUT2D eigenvalue weighted by Gasteiger charge is -2.54. The Balaban J connectivity index is 0.000000269. The molecule has 8 saturated carbocycles. The number of carbonyl (C=O) groups is 6. The number of ether oxygens (including phenoxy) is 7. The highest BCUT2D eigenvalue weighted by molar-refractivity contribution is 5.84. The van der Waals surface area contributed by atoms with E-state index in [4.69, 9.17) is 33.2 Å². The number of benzene rings is 1. The molecule has 4 atom stereocenters. The molecule has 8 fully saturated rings. The average molecular weight is 1160 g/mol. The summed E-state index contributed by atoms with van der Waals surface area (Å²) in [4.78, 5) is 85.9. The number of carbonyl (C=O) groups excluding carboxylic acids is 6. The van der Waals surface area contributed by atoms with Crippen molar-refractivity contribution in [2.75, 3.05) is 67.7 Å². The fourth-order valence-corrected chi connectivity index (χ4v) is 16.0. The van der Waals surface area contributed by atoms with Gasteiger partial charge in [-0.25, -0.2) is 0 Å². The zero-order valence-electron chi connectivity index (χ0n) is 54.4. The van der Waals surface area contributed by atoms with Gasteiger partial charge in [-0.1, -0.05) is 32.0 Å². The third kappa shape index (κ3) is 17.9. The molecule has 83 heavy (non-hydrogen) atoms. The van der Waals surface area contributed by atoms with E-state index in [0.29, 0.717) is 55.4 Å². The molecule has 0 heterocycles. The topological polar surface area (TPSA) is 174 Å². The highest BCUT2D eigenvalue weighted by Crippen LogP contribution is 2.57. The molecule has 15 heteroatoms. The smallest absolute Gasteiger partial charge is 0.312 e. The second-order valence-electron chi connectivity index (χ2n) is 30.7. The number of rotatable bonds is 28. The van der Waals surface area contributed by atoms with Gasteiger partial charge >= 0.3 is 35.8 Å². The maximum absolute atomic E-state index is 14.2. The van der Waals surface area contributed by atoms with Gasteiger partial charge in [0, 0.05) is 13.1 Å². The highest BCUT2D eigenvalue weighted by atomic mass is 16.6. The van der Waals surface area contributed by atoms with E-state index in [1.54, 1.807) is 13.8 Å². The summed E-state index contributed by atoms with van der Waals surface area (Å²) in [6, 6.07) is 9.36. The van der Waals surface area contributed by atoms with Gasteiger partial charge in [0.1, 0.15) is 50.0 Å². The van der Waals surface area contributed by atoms with Crippen LogP contribution >= 0.6 is 0 Å². The molecule has 1 aromatic rings. The van der Waals surface area contributed by atoms with E-state index in [2.05, 4.69) is 0 Å². The van der Waals surface area contributed by atoms with Gasteiger partial charge in [-0.15, -0.1) is 0 Å². The van der Waals surface area contributed by atoms with E-state index >= 15 is 0 Å². The lowest BCUT2D eigenvalue weighted by atomic mass is 9.55. The van der Waals surface area contributed by atoms with Gasteiger partial charge in [0.05, 0.1) is 32.5 Å². The van der Waals surface area contributed by atoms with Crippen molar-refractivity contribution >= 4 is 35.8 Å². The van der Waals surface area contributed by atoms with Gasteiger partial charge in [0.2, 0.25) is 0 Å². The third-order valence-electron chi connectivity index (χ3n) is 19.9. The lowest BCUT2D eigenvalue weighted by molar-refractivity contribution is -0.189. The highest BCUT2D eigenvalue weighted by Gasteiger charge is 2.56. The molecule has 9 rings (SSSR count). The van der Waals surface area contributed by atoms with Crippen LogP contribution in [-0.4, -0.2) is 131 Å². The van der Waals surface area contributed by atoms with Crippen LogP contribution in [0, 0.1) is 79.8 Å². The Labute approximate surface area is 499 Å². The summed E-state index contributed by atoms with van der Waals surface area (Å²) in [5.74, 6) is 3.57. The fourth-order valence-electron chi connectivity index (χ4n) is 16.0. The van der Waals surface area contributed by atoms with Crippen LogP contribution in [0.3, 0.4) is 0 Å². The standard InChI is InChI=1S/C36H55NO7.C32H55NO6/c1-8-35(4,33(40)44-30-27-19-25-18-26(21-27)22-28(30)20-25)24-36(5,23-34(2,3)31(38)42-15-14-37(6)7)32(39)43-17-16-41-29-12-10-9-11-13-29;1-11-31(7,28(36)39-29(2,3)4)20-32(8,19-30(5,6)26(34)37-13-12-33(9)10)27(35)38-25-23-15-21-14-22(17-23)18-24(25)16-21/h9-13,25-28,30H,8,14-24H2,1-7H3;21-25H,11-20H2,1-10H3. The molecule has 0 aromatic heterocycles. The van der Waals surface area contributed by atoms with Crippen LogP contribution in [0.2, 0.25) is 0 Å². The summed E-state index contributed by atoms with van der Waals surface area (Å²) in [7, 11) is 7.69. The predicted octanol–water partition coefficient (Wildman–Crippen LogP) is 12.3. The number of para-hydroxylation sites is 1. The largest absolute Gasteiger partial charge is 0.490 e. The van der Waals surface area contributed by atoms with Gasteiger partial charge < -0.3 is 43.0 Å². The molecule has 8 aliphatic rings. The summed E-state index contributed by atoms with van der Waals surface area (Å²) in [5, 5.41) is 0.